The zero-order chi connectivity index (χ0) is 16.4. The Morgan fingerprint density at radius 3 is 1.92 bits per heavy atom. The summed E-state index contributed by atoms with van der Waals surface area (Å²) >= 11 is 0. The highest BCUT2D eigenvalue weighted by Gasteiger charge is 2.13. The van der Waals surface area contributed by atoms with Gasteiger partial charge in [-0.15, -0.1) is 10.2 Å². The number of aromatic nitrogens is 2. The van der Waals surface area contributed by atoms with Crippen LogP contribution >= 0.6 is 0 Å². The fraction of sp³-hybridized carbons (Fsp3) is 0. The van der Waals surface area contributed by atoms with E-state index in [9.17, 15) is 5.11 Å². The van der Waals surface area contributed by atoms with Gasteiger partial charge in [0.05, 0.1) is 5.56 Å². The van der Waals surface area contributed by atoms with E-state index in [4.69, 9.17) is 4.42 Å². The summed E-state index contributed by atoms with van der Waals surface area (Å²) in [7, 11) is 0. The molecule has 0 unspecified atom stereocenters. The maximum Gasteiger partial charge on any atom is 0.251 e. The van der Waals surface area contributed by atoms with Crippen molar-refractivity contribution in [2.45, 2.75) is 0 Å². The second kappa shape index (κ2) is 6.01. The summed E-state index contributed by atoms with van der Waals surface area (Å²) in [5.41, 5.74) is 3.64. The molecule has 0 aliphatic carbocycles. The lowest BCUT2D eigenvalue weighted by Crippen LogP contribution is -1.80. The molecule has 3 aromatic carbocycles. The number of hydrogen-bond acceptors (Lipinski definition) is 4. The lowest BCUT2D eigenvalue weighted by Gasteiger charge is -2.02. The monoisotopic (exact) mass is 314 g/mol. The summed E-state index contributed by atoms with van der Waals surface area (Å²) in [5.74, 6) is 0.843. The van der Waals surface area contributed by atoms with E-state index in [0.29, 0.717) is 17.3 Å². The minimum atomic E-state index is 0.118. The Hall–Kier alpha value is -3.40. The quantitative estimate of drug-likeness (QED) is 0.591. The molecule has 0 aliphatic heterocycles. The van der Waals surface area contributed by atoms with Gasteiger partial charge in [-0.05, 0) is 35.4 Å². The highest BCUT2D eigenvalue weighted by molar-refractivity contribution is 5.68. The van der Waals surface area contributed by atoms with Gasteiger partial charge in [0.15, 0.2) is 0 Å². The molecular weight excluding hydrogens is 300 g/mol. The number of benzene rings is 3. The van der Waals surface area contributed by atoms with E-state index in [0.717, 1.165) is 16.7 Å². The molecule has 0 atom stereocenters. The molecule has 4 aromatic rings. The van der Waals surface area contributed by atoms with Gasteiger partial charge in [0, 0.05) is 5.56 Å². The predicted molar refractivity (Wildman–Crippen MR) is 92.3 cm³/mol. The molecule has 0 saturated carbocycles. The molecule has 24 heavy (non-hydrogen) atoms. The third-order valence-corrected chi connectivity index (χ3v) is 3.80. The fourth-order valence-electron chi connectivity index (χ4n) is 2.54. The number of rotatable bonds is 3. The normalized spacial score (nSPS) is 10.7. The Balaban J connectivity index is 1.65. The molecule has 0 fully saturated rings. The Morgan fingerprint density at radius 1 is 0.583 bits per heavy atom. The summed E-state index contributed by atoms with van der Waals surface area (Å²) in [4.78, 5) is 0. The molecule has 0 saturated heterocycles. The van der Waals surface area contributed by atoms with Crippen LogP contribution in [0.2, 0.25) is 0 Å². The highest BCUT2D eigenvalue weighted by Crippen LogP contribution is 2.30. The molecule has 0 bridgehead atoms. The van der Waals surface area contributed by atoms with Crippen molar-refractivity contribution in [3.05, 3.63) is 78.9 Å². The van der Waals surface area contributed by atoms with Crippen LogP contribution in [0.15, 0.2) is 83.3 Å². The number of nitrogens with zero attached hydrogens (tertiary/aromatic N) is 2. The third kappa shape index (κ3) is 2.65. The Kier molecular flexibility index (Phi) is 3.56. The minimum absolute atomic E-state index is 0.118. The van der Waals surface area contributed by atoms with Crippen molar-refractivity contribution in [1.29, 1.82) is 0 Å². The van der Waals surface area contributed by atoms with Gasteiger partial charge in [-0.3, -0.25) is 0 Å². The van der Waals surface area contributed by atoms with Gasteiger partial charge in [0.2, 0.25) is 5.89 Å². The maximum atomic E-state index is 9.88. The van der Waals surface area contributed by atoms with Gasteiger partial charge in [0.25, 0.3) is 5.89 Å². The Labute approximate surface area is 139 Å². The first-order valence-corrected chi connectivity index (χ1v) is 7.59. The number of phenols is 1. The Morgan fingerprint density at radius 2 is 1.17 bits per heavy atom. The van der Waals surface area contributed by atoms with Gasteiger partial charge in [-0.1, -0.05) is 54.6 Å². The van der Waals surface area contributed by atoms with Crippen molar-refractivity contribution in [1.82, 2.24) is 10.2 Å². The van der Waals surface area contributed by atoms with Crippen molar-refractivity contribution in [3.8, 4) is 39.8 Å². The van der Waals surface area contributed by atoms with Crippen molar-refractivity contribution >= 4 is 0 Å². The second-order valence-corrected chi connectivity index (χ2v) is 5.37. The number of aromatic hydroxyl groups is 1. The topological polar surface area (TPSA) is 59.2 Å². The van der Waals surface area contributed by atoms with E-state index < -0.39 is 0 Å². The largest absolute Gasteiger partial charge is 0.507 e. The SMILES string of the molecule is Oc1ccccc1-c1nnc(-c2ccc(-c3ccccc3)cc2)o1. The first-order valence-electron chi connectivity index (χ1n) is 7.59. The summed E-state index contributed by atoms with van der Waals surface area (Å²) < 4.78 is 5.70. The van der Waals surface area contributed by atoms with Crippen molar-refractivity contribution < 1.29 is 9.52 Å². The molecule has 1 N–H and O–H groups in total. The molecule has 1 heterocycles. The first-order chi connectivity index (χ1) is 11.8. The third-order valence-electron chi connectivity index (χ3n) is 3.80. The second-order valence-electron chi connectivity index (χ2n) is 5.37. The molecule has 0 amide bonds. The van der Waals surface area contributed by atoms with Crippen LogP contribution in [0.4, 0.5) is 0 Å². The predicted octanol–water partition coefficient (Wildman–Crippen LogP) is 4.78. The number of phenolic OH excluding ortho intramolecular Hbond substituents is 1. The van der Waals surface area contributed by atoms with Crippen LogP contribution in [0.3, 0.4) is 0 Å². The molecular formula is C20H14N2O2. The molecule has 4 nitrogen and oxygen atoms in total. The smallest absolute Gasteiger partial charge is 0.251 e. The van der Waals surface area contributed by atoms with Gasteiger partial charge >= 0.3 is 0 Å². The lowest BCUT2D eigenvalue weighted by molar-refractivity contribution is 0.473. The van der Waals surface area contributed by atoms with E-state index in [2.05, 4.69) is 22.3 Å². The number of hydrogen-bond donors (Lipinski definition) is 1. The zero-order valence-corrected chi connectivity index (χ0v) is 12.8. The standard InChI is InChI=1S/C20H14N2O2/c23-18-9-5-4-8-17(18)20-22-21-19(24-20)16-12-10-15(11-13-16)14-6-2-1-3-7-14/h1-13,23H. The van der Waals surface area contributed by atoms with Crippen LogP contribution in [-0.4, -0.2) is 15.3 Å². The van der Waals surface area contributed by atoms with Crippen LogP contribution in [-0.2, 0) is 0 Å². The molecule has 116 valence electrons. The van der Waals surface area contributed by atoms with Gasteiger partial charge in [0.1, 0.15) is 5.75 Å². The molecule has 4 rings (SSSR count). The molecule has 4 heteroatoms. The van der Waals surface area contributed by atoms with E-state index in [1.807, 2.05) is 48.5 Å². The van der Waals surface area contributed by atoms with Crippen molar-refractivity contribution in [3.63, 3.8) is 0 Å². The van der Waals surface area contributed by atoms with Crippen LogP contribution < -0.4 is 0 Å². The average Bonchev–Trinajstić information content (AvgIpc) is 3.13. The van der Waals surface area contributed by atoms with Crippen molar-refractivity contribution in [2.24, 2.45) is 0 Å². The van der Waals surface area contributed by atoms with E-state index in [-0.39, 0.29) is 5.75 Å². The molecule has 0 radical (unpaired) electrons. The van der Waals surface area contributed by atoms with E-state index >= 15 is 0 Å². The maximum absolute atomic E-state index is 9.88. The first kappa shape index (κ1) is 14.2. The van der Waals surface area contributed by atoms with Gasteiger partial charge in [-0.25, -0.2) is 0 Å². The average molecular weight is 314 g/mol. The summed E-state index contributed by atoms with van der Waals surface area (Å²) in [6, 6.07) is 25.0. The zero-order valence-electron chi connectivity index (χ0n) is 12.8. The van der Waals surface area contributed by atoms with Crippen LogP contribution in [0.1, 0.15) is 0 Å². The van der Waals surface area contributed by atoms with Crippen LogP contribution in [0.5, 0.6) is 5.75 Å². The molecule has 0 spiro atoms. The van der Waals surface area contributed by atoms with Crippen LogP contribution in [0, 0.1) is 0 Å². The Bertz CT molecular complexity index is 960. The summed E-state index contributed by atoms with van der Waals surface area (Å²) in [6.07, 6.45) is 0. The summed E-state index contributed by atoms with van der Waals surface area (Å²) in [5, 5.41) is 18.0. The minimum Gasteiger partial charge on any atom is -0.507 e. The highest BCUT2D eigenvalue weighted by atomic mass is 16.4. The molecule has 0 aliphatic rings. The molecule has 1 aromatic heterocycles. The van der Waals surface area contributed by atoms with Gasteiger partial charge < -0.3 is 9.52 Å². The van der Waals surface area contributed by atoms with Gasteiger partial charge in [-0.2, -0.15) is 0 Å². The summed E-state index contributed by atoms with van der Waals surface area (Å²) in [6.45, 7) is 0. The fourth-order valence-corrected chi connectivity index (χ4v) is 2.54. The lowest BCUT2D eigenvalue weighted by atomic mass is 10.0. The van der Waals surface area contributed by atoms with E-state index in [1.165, 1.54) is 0 Å². The van der Waals surface area contributed by atoms with E-state index in [1.54, 1.807) is 18.2 Å². The van der Waals surface area contributed by atoms with Crippen molar-refractivity contribution in [2.75, 3.05) is 0 Å². The number of para-hydroxylation sites is 1. The van der Waals surface area contributed by atoms with Crippen LogP contribution in [0.25, 0.3) is 34.0 Å².